The molecule has 104 valence electrons. The molecule has 0 aliphatic heterocycles. The fourth-order valence-corrected chi connectivity index (χ4v) is 2.82. The lowest BCUT2D eigenvalue weighted by atomic mass is 9.93. The van der Waals surface area contributed by atoms with Crippen LogP contribution in [0.4, 0.5) is 5.69 Å². The molecule has 0 fully saturated rings. The van der Waals surface area contributed by atoms with Crippen LogP contribution in [-0.2, 0) is 6.42 Å². The summed E-state index contributed by atoms with van der Waals surface area (Å²) in [7, 11) is 1.95. The number of rotatable bonds is 3. The number of nitro groups is 1. The van der Waals surface area contributed by atoms with Gasteiger partial charge in [0.05, 0.1) is 16.8 Å². The zero-order valence-corrected chi connectivity index (χ0v) is 11.2. The van der Waals surface area contributed by atoms with Gasteiger partial charge in [-0.1, -0.05) is 6.07 Å². The number of fused-ring (bicyclic) bond motifs is 1. The molecule has 3 rings (SSSR count). The summed E-state index contributed by atoms with van der Waals surface area (Å²) in [6.45, 7) is 0. The van der Waals surface area contributed by atoms with E-state index in [9.17, 15) is 10.1 Å². The number of nitro benzene ring substituents is 1. The van der Waals surface area contributed by atoms with Crippen molar-refractivity contribution in [3.8, 4) is 5.69 Å². The molecule has 0 saturated heterocycles. The molecule has 6 heteroatoms. The average molecular weight is 272 g/mol. The maximum absolute atomic E-state index is 10.9. The van der Waals surface area contributed by atoms with Crippen molar-refractivity contribution in [2.45, 2.75) is 25.3 Å². The minimum atomic E-state index is -0.379. The third kappa shape index (κ3) is 2.08. The Morgan fingerprint density at radius 1 is 1.50 bits per heavy atom. The highest BCUT2D eigenvalue weighted by Gasteiger charge is 2.23. The van der Waals surface area contributed by atoms with E-state index in [4.69, 9.17) is 0 Å². The lowest BCUT2D eigenvalue weighted by Crippen LogP contribution is -2.21. The summed E-state index contributed by atoms with van der Waals surface area (Å²) >= 11 is 0. The van der Waals surface area contributed by atoms with Gasteiger partial charge in [0.1, 0.15) is 0 Å². The van der Waals surface area contributed by atoms with Crippen LogP contribution in [0.5, 0.6) is 0 Å². The molecule has 1 unspecified atom stereocenters. The molecule has 20 heavy (non-hydrogen) atoms. The molecule has 1 aliphatic rings. The number of aromatic nitrogens is 2. The topological polar surface area (TPSA) is 73.0 Å². The Morgan fingerprint density at radius 2 is 2.35 bits per heavy atom. The van der Waals surface area contributed by atoms with Crippen molar-refractivity contribution in [3.63, 3.8) is 0 Å². The number of benzene rings is 1. The fourth-order valence-electron chi connectivity index (χ4n) is 2.82. The Bertz CT molecular complexity index is 650. The summed E-state index contributed by atoms with van der Waals surface area (Å²) in [5.41, 5.74) is 3.19. The highest BCUT2D eigenvalue weighted by atomic mass is 16.6. The van der Waals surface area contributed by atoms with Crippen LogP contribution in [0, 0.1) is 10.1 Å². The van der Waals surface area contributed by atoms with Crippen molar-refractivity contribution in [1.82, 2.24) is 15.1 Å². The summed E-state index contributed by atoms with van der Waals surface area (Å²) in [5.74, 6) is 0. The summed E-state index contributed by atoms with van der Waals surface area (Å²) in [4.78, 5) is 10.5. The first-order valence-electron chi connectivity index (χ1n) is 6.69. The van der Waals surface area contributed by atoms with Crippen LogP contribution in [0.1, 0.15) is 30.1 Å². The Balaban J connectivity index is 2.05. The molecule has 1 aromatic carbocycles. The molecule has 0 radical (unpaired) electrons. The zero-order valence-electron chi connectivity index (χ0n) is 11.2. The molecule has 0 amide bonds. The van der Waals surface area contributed by atoms with Crippen LogP contribution in [-0.4, -0.2) is 21.8 Å². The number of hydrogen-bond donors (Lipinski definition) is 1. The number of nitrogens with zero attached hydrogens (tertiary/aromatic N) is 3. The van der Waals surface area contributed by atoms with Crippen molar-refractivity contribution in [2.24, 2.45) is 0 Å². The van der Waals surface area contributed by atoms with Gasteiger partial charge in [-0.2, -0.15) is 5.10 Å². The molecule has 0 bridgehead atoms. The Labute approximate surface area is 116 Å². The summed E-state index contributed by atoms with van der Waals surface area (Å²) in [6.07, 6.45) is 5.02. The standard InChI is InChI=1S/C14H16N4O2/c1-15-13-6-3-7-14-12(13)9-16-17(14)10-4-2-5-11(8-10)18(19)20/h2,4-5,8-9,13,15H,3,6-7H2,1H3. The molecular weight excluding hydrogens is 256 g/mol. The first kappa shape index (κ1) is 12.8. The van der Waals surface area contributed by atoms with E-state index >= 15 is 0 Å². The largest absolute Gasteiger partial charge is 0.313 e. The van der Waals surface area contributed by atoms with E-state index in [1.807, 2.05) is 24.0 Å². The minimum Gasteiger partial charge on any atom is -0.313 e. The zero-order chi connectivity index (χ0) is 14.1. The van der Waals surface area contributed by atoms with Gasteiger partial charge in [-0.05, 0) is 32.4 Å². The molecule has 1 aromatic heterocycles. The van der Waals surface area contributed by atoms with Gasteiger partial charge in [0.2, 0.25) is 0 Å². The van der Waals surface area contributed by atoms with E-state index in [-0.39, 0.29) is 10.6 Å². The van der Waals surface area contributed by atoms with Crippen LogP contribution in [0.2, 0.25) is 0 Å². The summed E-state index contributed by atoms with van der Waals surface area (Å²) in [5, 5.41) is 18.6. The fraction of sp³-hybridized carbons (Fsp3) is 0.357. The van der Waals surface area contributed by atoms with Gasteiger partial charge in [-0.3, -0.25) is 10.1 Å². The predicted octanol–water partition coefficient (Wildman–Crippen LogP) is 2.38. The van der Waals surface area contributed by atoms with Crippen molar-refractivity contribution >= 4 is 5.69 Å². The van der Waals surface area contributed by atoms with Gasteiger partial charge < -0.3 is 5.32 Å². The lowest BCUT2D eigenvalue weighted by molar-refractivity contribution is -0.384. The molecular formula is C14H16N4O2. The second-order valence-corrected chi connectivity index (χ2v) is 4.97. The van der Waals surface area contributed by atoms with Crippen LogP contribution < -0.4 is 5.32 Å². The van der Waals surface area contributed by atoms with Crippen LogP contribution >= 0.6 is 0 Å². The van der Waals surface area contributed by atoms with E-state index < -0.39 is 0 Å². The van der Waals surface area contributed by atoms with E-state index in [0.717, 1.165) is 30.6 Å². The van der Waals surface area contributed by atoms with Crippen molar-refractivity contribution in [3.05, 3.63) is 51.8 Å². The quantitative estimate of drug-likeness (QED) is 0.687. The first-order valence-corrected chi connectivity index (χ1v) is 6.69. The van der Waals surface area contributed by atoms with Gasteiger partial charge in [-0.25, -0.2) is 4.68 Å². The molecule has 1 heterocycles. The van der Waals surface area contributed by atoms with Crippen molar-refractivity contribution in [1.29, 1.82) is 0 Å². The number of hydrogen-bond acceptors (Lipinski definition) is 4. The van der Waals surface area contributed by atoms with Crippen molar-refractivity contribution in [2.75, 3.05) is 7.05 Å². The minimum absolute atomic E-state index is 0.0905. The summed E-state index contributed by atoms with van der Waals surface area (Å²) < 4.78 is 1.83. The molecule has 1 N–H and O–H groups in total. The van der Waals surface area contributed by atoms with Gasteiger partial charge in [0.15, 0.2) is 0 Å². The molecule has 2 aromatic rings. The third-order valence-electron chi connectivity index (χ3n) is 3.82. The third-order valence-corrected chi connectivity index (χ3v) is 3.82. The second-order valence-electron chi connectivity index (χ2n) is 4.97. The molecule has 0 spiro atoms. The van der Waals surface area contributed by atoms with Crippen LogP contribution in [0.25, 0.3) is 5.69 Å². The van der Waals surface area contributed by atoms with Gasteiger partial charge in [-0.15, -0.1) is 0 Å². The molecule has 1 atom stereocenters. The SMILES string of the molecule is CNC1CCCc2c1cnn2-c1cccc([N+](=O)[O-])c1. The van der Waals surface area contributed by atoms with Gasteiger partial charge >= 0.3 is 0 Å². The van der Waals surface area contributed by atoms with Gasteiger partial charge in [0, 0.05) is 29.4 Å². The molecule has 0 saturated carbocycles. The normalized spacial score (nSPS) is 17.8. The van der Waals surface area contributed by atoms with Crippen LogP contribution in [0.3, 0.4) is 0 Å². The van der Waals surface area contributed by atoms with E-state index in [1.54, 1.807) is 12.1 Å². The molecule has 1 aliphatic carbocycles. The average Bonchev–Trinajstić information content (AvgIpc) is 2.91. The van der Waals surface area contributed by atoms with E-state index in [1.165, 1.54) is 11.6 Å². The van der Waals surface area contributed by atoms with Crippen molar-refractivity contribution < 1.29 is 4.92 Å². The predicted molar refractivity (Wildman–Crippen MR) is 75.0 cm³/mol. The van der Waals surface area contributed by atoms with Crippen LogP contribution in [0.15, 0.2) is 30.5 Å². The monoisotopic (exact) mass is 272 g/mol. The highest BCUT2D eigenvalue weighted by Crippen LogP contribution is 2.31. The van der Waals surface area contributed by atoms with E-state index in [0.29, 0.717) is 6.04 Å². The first-order chi connectivity index (χ1) is 9.70. The maximum Gasteiger partial charge on any atom is 0.271 e. The van der Waals surface area contributed by atoms with E-state index in [2.05, 4.69) is 10.4 Å². The Kier molecular flexibility index (Phi) is 3.23. The smallest absolute Gasteiger partial charge is 0.271 e. The Morgan fingerprint density at radius 3 is 3.10 bits per heavy atom. The summed E-state index contributed by atoms with van der Waals surface area (Å²) in [6, 6.07) is 6.93. The number of nitrogens with one attached hydrogen (secondary N) is 1. The Hall–Kier alpha value is -2.21. The van der Waals surface area contributed by atoms with Gasteiger partial charge in [0.25, 0.3) is 5.69 Å². The molecule has 6 nitrogen and oxygen atoms in total. The maximum atomic E-state index is 10.9. The number of non-ortho nitro benzene ring substituents is 1. The lowest BCUT2D eigenvalue weighted by Gasteiger charge is -2.22. The highest BCUT2D eigenvalue weighted by molar-refractivity contribution is 5.44. The second kappa shape index (κ2) is 5.05.